The number of amides is 1. The van der Waals surface area contributed by atoms with Crippen LogP contribution in [0.5, 0.6) is 0 Å². The normalized spacial score (nSPS) is 21.6. The van der Waals surface area contributed by atoms with Crippen molar-refractivity contribution < 1.29 is 4.79 Å². The van der Waals surface area contributed by atoms with Gasteiger partial charge >= 0.3 is 0 Å². The lowest BCUT2D eigenvalue weighted by Crippen LogP contribution is -2.47. The van der Waals surface area contributed by atoms with E-state index >= 15 is 0 Å². The van der Waals surface area contributed by atoms with E-state index in [-0.39, 0.29) is 5.91 Å². The van der Waals surface area contributed by atoms with Gasteiger partial charge < -0.3 is 15.5 Å². The molecule has 1 aliphatic heterocycles. The molecule has 4 nitrogen and oxygen atoms in total. The Bertz CT molecular complexity index is 475. The molecule has 1 aliphatic rings. The average molecular weight is 289 g/mol. The van der Waals surface area contributed by atoms with Gasteiger partial charge in [-0.1, -0.05) is 0 Å². The van der Waals surface area contributed by atoms with Crippen LogP contribution in [0.2, 0.25) is 0 Å². The molecule has 1 aromatic rings. The Morgan fingerprint density at radius 3 is 2.52 bits per heavy atom. The van der Waals surface area contributed by atoms with Crippen LogP contribution in [0.4, 0.5) is 11.4 Å². The number of hydrogen-bond acceptors (Lipinski definition) is 3. The van der Waals surface area contributed by atoms with Gasteiger partial charge in [0.1, 0.15) is 0 Å². The molecule has 1 fully saturated rings. The van der Waals surface area contributed by atoms with E-state index in [1.54, 1.807) is 0 Å². The van der Waals surface area contributed by atoms with Crippen molar-refractivity contribution in [1.29, 1.82) is 0 Å². The first kappa shape index (κ1) is 15.8. The quantitative estimate of drug-likeness (QED) is 0.876. The third-order valence-electron chi connectivity index (χ3n) is 4.29. The second-order valence-corrected chi connectivity index (χ2v) is 6.24. The molecule has 2 rings (SSSR count). The monoisotopic (exact) mass is 289 g/mol. The van der Waals surface area contributed by atoms with Crippen LogP contribution >= 0.6 is 0 Å². The highest BCUT2D eigenvalue weighted by Gasteiger charge is 2.35. The fraction of sp³-hybridized carbons (Fsp3) is 0.588. The molecule has 4 heteroatoms. The maximum absolute atomic E-state index is 12.3. The molecule has 21 heavy (non-hydrogen) atoms. The molecule has 0 radical (unpaired) electrons. The first-order valence-electron chi connectivity index (χ1n) is 7.89. The topological polar surface area (TPSA) is 44.4 Å². The van der Waals surface area contributed by atoms with Crippen molar-refractivity contribution in [3.63, 3.8) is 0 Å². The molecule has 0 aliphatic carbocycles. The number of rotatable bonds is 5. The maximum atomic E-state index is 12.3. The molecule has 1 heterocycles. The van der Waals surface area contributed by atoms with Crippen molar-refractivity contribution in [2.45, 2.75) is 52.1 Å². The number of carbonyl (C=O) groups is 1. The summed E-state index contributed by atoms with van der Waals surface area (Å²) in [6.07, 6.45) is 1.95. The van der Waals surface area contributed by atoms with Gasteiger partial charge in [0.2, 0.25) is 5.91 Å². The number of benzene rings is 1. The van der Waals surface area contributed by atoms with Gasteiger partial charge in [-0.25, -0.2) is 0 Å². The Labute approximate surface area is 127 Å². The molecule has 0 saturated carbocycles. The second-order valence-electron chi connectivity index (χ2n) is 6.24. The van der Waals surface area contributed by atoms with E-state index < -0.39 is 5.54 Å². The van der Waals surface area contributed by atoms with Gasteiger partial charge in [-0.05, 0) is 71.3 Å². The number of nitrogens with zero attached hydrogens (tertiary/aromatic N) is 1. The standard InChI is InChI=1S/C17H27N3O/c1-5-20(13(2)3)15-9-7-14(8-10-15)19-16(21)17(4)11-6-12-18-17/h7-10,13,18H,5-6,11-12H2,1-4H3,(H,19,21). The summed E-state index contributed by atoms with van der Waals surface area (Å²) in [5.74, 6) is 0.0592. The number of carbonyl (C=O) groups excluding carboxylic acids is 1. The molecule has 0 aromatic heterocycles. The van der Waals surface area contributed by atoms with Crippen LogP contribution < -0.4 is 15.5 Å². The SMILES string of the molecule is CCN(c1ccc(NC(=O)C2(C)CCCN2)cc1)C(C)C. The van der Waals surface area contributed by atoms with E-state index in [1.165, 1.54) is 5.69 Å². The molecule has 2 N–H and O–H groups in total. The fourth-order valence-corrected chi connectivity index (χ4v) is 2.94. The van der Waals surface area contributed by atoms with Crippen LogP contribution in [0.3, 0.4) is 0 Å². The minimum absolute atomic E-state index is 0.0592. The molecule has 1 amide bonds. The fourth-order valence-electron chi connectivity index (χ4n) is 2.94. The number of anilines is 2. The number of nitrogens with one attached hydrogen (secondary N) is 2. The lowest BCUT2D eigenvalue weighted by molar-refractivity contribution is -0.121. The molecule has 1 aromatic carbocycles. The highest BCUT2D eigenvalue weighted by atomic mass is 16.2. The predicted molar refractivity (Wildman–Crippen MR) is 88.9 cm³/mol. The van der Waals surface area contributed by atoms with Crippen LogP contribution in [0.25, 0.3) is 0 Å². The predicted octanol–water partition coefficient (Wildman–Crippen LogP) is 3.00. The smallest absolute Gasteiger partial charge is 0.244 e. The largest absolute Gasteiger partial charge is 0.369 e. The highest BCUT2D eigenvalue weighted by molar-refractivity contribution is 5.98. The van der Waals surface area contributed by atoms with Crippen molar-refractivity contribution in [2.75, 3.05) is 23.3 Å². The van der Waals surface area contributed by atoms with Gasteiger partial charge in [-0.3, -0.25) is 4.79 Å². The van der Waals surface area contributed by atoms with Gasteiger partial charge in [-0.15, -0.1) is 0 Å². The van der Waals surface area contributed by atoms with Crippen molar-refractivity contribution in [3.8, 4) is 0 Å². The molecule has 1 atom stereocenters. The lowest BCUT2D eigenvalue weighted by atomic mass is 9.99. The van der Waals surface area contributed by atoms with Crippen LogP contribution in [0.1, 0.15) is 40.5 Å². The minimum atomic E-state index is -0.425. The zero-order chi connectivity index (χ0) is 15.5. The summed E-state index contributed by atoms with van der Waals surface area (Å²) in [4.78, 5) is 14.7. The molecule has 0 spiro atoms. The first-order valence-corrected chi connectivity index (χ1v) is 7.89. The Hall–Kier alpha value is -1.55. The van der Waals surface area contributed by atoms with Gasteiger partial charge in [-0.2, -0.15) is 0 Å². The van der Waals surface area contributed by atoms with Crippen molar-refractivity contribution in [2.24, 2.45) is 0 Å². The molecule has 1 saturated heterocycles. The average Bonchev–Trinajstić information content (AvgIpc) is 2.89. The molecule has 116 valence electrons. The summed E-state index contributed by atoms with van der Waals surface area (Å²) >= 11 is 0. The van der Waals surface area contributed by atoms with E-state index in [1.807, 2.05) is 19.1 Å². The Morgan fingerprint density at radius 2 is 2.05 bits per heavy atom. The first-order chi connectivity index (χ1) is 9.96. The summed E-state index contributed by atoms with van der Waals surface area (Å²) < 4.78 is 0. The molecule has 1 unspecified atom stereocenters. The second kappa shape index (κ2) is 6.48. The summed E-state index contributed by atoms with van der Waals surface area (Å²) in [5.41, 5.74) is 1.63. The van der Waals surface area contributed by atoms with Crippen LogP contribution in [0.15, 0.2) is 24.3 Å². The van der Waals surface area contributed by atoms with Gasteiger partial charge in [0, 0.05) is 24.0 Å². The highest BCUT2D eigenvalue weighted by Crippen LogP contribution is 2.23. The van der Waals surface area contributed by atoms with Crippen molar-refractivity contribution in [3.05, 3.63) is 24.3 Å². The summed E-state index contributed by atoms with van der Waals surface area (Å²) in [6, 6.07) is 8.58. The zero-order valence-corrected chi connectivity index (χ0v) is 13.6. The molecular weight excluding hydrogens is 262 g/mol. The Balaban J connectivity index is 2.04. The third kappa shape index (κ3) is 3.56. The Morgan fingerprint density at radius 1 is 1.38 bits per heavy atom. The van der Waals surface area contributed by atoms with Gasteiger partial charge in [0.15, 0.2) is 0 Å². The van der Waals surface area contributed by atoms with E-state index in [0.29, 0.717) is 6.04 Å². The van der Waals surface area contributed by atoms with Crippen LogP contribution in [0, 0.1) is 0 Å². The van der Waals surface area contributed by atoms with E-state index in [2.05, 4.69) is 48.4 Å². The van der Waals surface area contributed by atoms with E-state index in [4.69, 9.17) is 0 Å². The molecule has 0 bridgehead atoms. The zero-order valence-electron chi connectivity index (χ0n) is 13.6. The summed E-state index contributed by atoms with van der Waals surface area (Å²) in [6.45, 7) is 10.4. The maximum Gasteiger partial charge on any atom is 0.244 e. The van der Waals surface area contributed by atoms with Gasteiger partial charge in [0.25, 0.3) is 0 Å². The third-order valence-corrected chi connectivity index (χ3v) is 4.29. The van der Waals surface area contributed by atoms with E-state index in [9.17, 15) is 4.79 Å². The summed E-state index contributed by atoms with van der Waals surface area (Å²) in [7, 11) is 0. The minimum Gasteiger partial charge on any atom is -0.369 e. The van der Waals surface area contributed by atoms with Crippen molar-refractivity contribution in [1.82, 2.24) is 5.32 Å². The Kier molecular flexibility index (Phi) is 4.88. The molecular formula is C17H27N3O. The van der Waals surface area contributed by atoms with Crippen LogP contribution in [-0.4, -0.2) is 30.6 Å². The number of hydrogen-bond donors (Lipinski definition) is 2. The van der Waals surface area contributed by atoms with Crippen LogP contribution in [-0.2, 0) is 4.79 Å². The summed E-state index contributed by atoms with van der Waals surface area (Å²) in [5, 5.41) is 6.30. The van der Waals surface area contributed by atoms with Gasteiger partial charge in [0.05, 0.1) is 5.54 Å². The lowest BCUT2D eigenvalue weighted by Gasteiger charge is -2.28. The van der Waals surface area contributed by atoms with Crippen molar-refractivity contribution >= 4 is 17.3 Å². The van der Waals surface area contributed by atoms with E-state index in [0.717, 1.165) is 31.6 Å².